The molecule has 2 fully saturated rings. The average Bonchev–Trinajstić information content (AvgIpc) is 2.89. The highest BCUT2D eigenvalue weighted by atomic mass is 16.7. The Balaban J connectivity index is 1.69. The van der Waals surface area contributed by atoms with Crippen LogP contribution < -0.4 is 0 Å². The summed E-state index contributed by atoms with van der Waals surface area (Å²) < 4.78 is 17.2. The molecular weight excluding hydrogens is 244 g/mol. The molecule has 0 unspecified atom stereocenters. The fourth-order valence-electron chi connectivity index (χ4n) is 2.77. The standard InChI is InChI=1S/C15H18O4/c1-10-12(7-16)14(15-18-9-13(10)19-15)17-8-11-5-3-2-4-6-11/h2-7,10,12-15H,8-9H2,1H3/t10-,12-,13-,14-,15+/m0/s1. The fourth-order valence-corrected chi connectivity index (χ4v) is 2.77. The van der Waals surface area contributed by atoms with Gasteiger partial charge in [-0.3, -0.25) is 0 Å². The molecule has 0 aromatic heterocycles. The van der Waals surface area contributed by atoms with E-state index in [1.54, 1.807) is 0 Å². The van der Waals surface area contributed by atoms with Crippen molar-refractivity contribution in [3.8, 4) is 0 Å². The number of ether oxygens (including phenoxy) is 3. The van der Waals surface area contributed by atoms with Gasteiger partial charge in [0.25, 0.3) is 0 Å². The third kappa shape index (κ3) is 2.43. The molecule has 0 aliphatic carbocycles. The van der Waals surface area contributed by atoms with E-state index in [-0.39, 0.29) is 24.0 Å². The Labute approximate surface area is 112 Å². The van der Waals surface area contributed by atoms with Gasteiger partial charge in [-0.2, -0.15) is 0 Å². The van der Waals surface area contributed by atoms with Gasteiger partial charge in [0.05, 0.1) is 25.2 Å². The number of carbonyl (C=O) groups excluding carboxylic acids is 1. The molecule has 1 aromatic rings. The lowest BCUT2D eigenvalue weighted by Crippen LogP contribution is -2.47. The molecule has 0 amide bonds. The summed E-state index contributed by atoms with van der Waals surface area (Å²) in [6.07, 6.45) is 0.292. The highest BCUT2D eigenvalue weighted by Gasteiger charge is 2.49. The normalized spacial score (nSPS) is 37.2. The Morgan fingerprint density at radius 3 is 2.89 bits per heavy atom. The van der Waals surface area contributed by atoms with Crippen LogP contribution in [0.3, 0.4) is 0 Å². The maximum atomic E-state index is 11.3. The summed E-state index contributed by atoms with van der Waals surface area (Å²) >= 11 is 0. The van der Waals surface area contributed by atoms with E-state index in [1.807, 2.05) is 37.3 Å². The molecule has 0 radical (unpaired) electrons. The Morgan fingerprint density at radius 1 is 1.37 bits per heavy atom. The van der Waals surface area contributed by atoms with E-state index < -0.39 is 6.29 Å². The van der Waals surface area contributed by atoms with Crippen LogP contribution in [0.5, 0.6) is 0 Å². The highest BCUT2D eigenvalue weighted by molar-refractivity contribution is 5.55. The van der Waals surface area contributed by atoms with E-state index in [9.17, 15) is 4.79 Å². The summed E-state index contributed by atoms with van der Waals surface area (Å²) in [6, 6.07) is 9.91. The topological polar surface area (TPSA) is 44.8 Å². The zero-order chi connectivity index (χ0) is 13.2. The third-order valence-electron chi connectivity index (χ3n) is 4.02. The molecule has 5 atom stereocenters. The Hall–Kier alpha value is -1.23. The van der Waals surface area contributed by atoms with Gasteiger partial charge in [0.2, 0.25) is 0 Å². The largest absolute Gasteiger partial charge is 0.367 e. The summed E-state index contributed by atoms with van der Waals surface area (Å²) in [5.41, 5.74) is 1.08. The quantitative estimate of drug-likeness (QED) is 0.776. The summed E-state index contributed by atoms with van der Waals surface area (Å²) in [4.78, 5) is 11.3. The fraction of sp³-hybridized carbons (Fsp3) is 0.533. The molecule has 2 heterocycles. The maximum absolute atomic E-state index is 11.3. The van der Waals surface area contributed by atoms with E-state index in [0.717, 1.165) is 11.8 Å². The molecule has 2 bridgehead atoms. The molecule has 1 aromatic carbocycles. The molecule has 2 saturated heterocycles. The van der Waals surface area contributed by atoms with Crippen molar-refractivity contribution >= 4 is 6.29 Å². The minimum Gasteiger partial charge on any atom is -0.367 e. The summed E-state index contributed by atoms with van der Waals surface area (Å²) in [6.45, 7) is 3.05. The van der Waals surface area contributed by atoms with Crippen LogP contribution in [-0.4, -0.2) is 31.4 Å². The second-order valence-electron chi connectivity index (χ2n) is 5.21. The molecule has 2 aliphatic heterocycles. The molecule has 0 spiro atoms. The lowest BCUT2D eigenvalue weighted by molar-refractivity contribution is -0.209. The first-order chi connectivity index (χ1) is 9.29. The second-order valence-corrected chi connectivity index (χ2v) is 5.21. The van der Waals surface area contributed by atoms with Crippen LogP contribution in [0.2, 0.25) is 0 Å². The van der Waals surface area contributed by atoms with Crippen LogP contribution in [0.15, 0.2) is 30.3 Å². The Morgan fingerprint density at radius 2 is 2.16 bits per heavy atom. The molecule has 0 saturated carbocycles. The number of rotatable bonds is 4. The van der Waals surface area contributed by atoms with Crippen LogP contribution in [0, 0.1) is 11.8 Å². The number of fused-ring (bicyclic) bond motifs is 2. The molecule has 3 rings (SSSR count). The van der Waals surface area contributed by atoms with Crippen molar-refractivity contribution in [2.24, 2.45) is 11.8 Å². The first kappa shape index (κ1) is 12.8. The predicted octanol–water partition coefficient (Wildman–Crippen LogP) is 1.78. The van der Waals surface area contributed by atoms with Crippen molar-refractivity contribution in [1.29, 1.82) is 0 Å². The van der Waals surface area contributed by atoms with Crippen molar-refractivity contribution in [2.75, 3.05) is 6.61 Å². The van der Waals surface area contributed by atoms with Gasteiger partial charge in [0.15, 0.2) is 6.29 Å². The minimum atomic E-state index is -0.403. The molecule has 4 nitrogen and oxygen atoms in total. The van der Waals surface area contributed by atoms with Crippen molar-refractivity contribution in [1.82, 2.24) is 0 Å². The Bertz CT molecular complexity index is 433. The number of hydrogen-bond donors (Lipinski definition) is 0. The van der Waals surface area contributed by atoms with Crippen molar-refractivity contribution in [2.45, 2.75) is 32.0 Å². The lowest BCUT2D eigenvalue weighted by Gasteiger charge is -2.36. The number of carbonyl (C=O) groups is 1. The monoisotopic (exact) mass is 262 g/mol. The lowest BCUT2D eigenvalue weighted by atomic mass is 9.84. The van der Waals surface area contributed by atoms with Crippen LogP contribution in [0.1, 0.15) is 12.5 Å². The maximum Gasteiger partial charge on any atom is 0.184 e. The molecule has 0 N–H and O–H groups in total. The molecule has 19 heavy (non-hydrogen) atoms. The number of benzene rings is 1. The van der Waals surface area contributed by atoms with Crippen molar-refractivity contribution in [3.63, 3.8) is 0 Å². The van der Waals surface area contributed by atoms with Gasteiger partial charge in [0.1, 0.15) is 12.4 Å². The zero-order valence-corrected chi connectivity index (χ0v) is 10.9. The van der Waals surface area contributed by atoms with Crippen LogP contribution in [0.25, 0.3) is 0 Å². The number of aldehydes is 1. The van der Waals surface area contributed by atoms with Gasteiger partial charge in [0, 0.05) is 0 Å². The van der Waals surface area contributed by atoms with Crippen molar-refractivity contribution in [3.05, 3.63) is 35.9 Å². The SMILES string of the molecule is C[C@H]1[C@H](C=O)[C@H](OCc2ccccc2)[C@@H]2OC[C@@H]1O2. The predicted molar refractivity (Wildman–Crippen MR) is 68.4 cm³/mol. The summed E-state index contributed by atoms with van der Waals surface area (Å²) in [7, 11) is 0. The smallest absolute Gasteiger partial charge is 0.184 e. The molecular formula is C15H18O4. The molecule has 102 valence electrons. The van der Waals surface area contributed by atoms with E-state index >= 15 is 0 Å². The third-order valence-corrected chi connectivity index (χ3v) is 4.02. The van der Waals surface area contributed by atoms with E-state index in [4.69, 9.17) is 14.2 Å². The van der Waals surface area contributed by atoms with Crippen molar-refractivity contribution < 1.29 is 19.0 Å². The van der Waals surface area contributed by atoms with Gasteiger partial charge in [-0.1, -0.05) is 37.3 Å². The van der Waals surface area contributed by atoms with E-state index in [2.05, 4.69) is 0 Å². The summed E-state index contributed by atoms with van der Waals surface area (Å²) in [5.74, 6) is -0.0213. The average molecular weight is 262 g/mol. The Kier molecular flexibility index (Phi) is 3.64. The van der Waals surface area contributed by atoms with Gasteiger partial charge < -0.3 is 19.0 Å². The zero-order valence-electron chi connectivity index (χ0n) is 10.9. The molecule has 2 aliphatic rings. The summed E-state index contributed by atoms with van der Waals surface area (Å²) in [5, 5.41) is 0. The van der Waals surface area contributed by atoms with Crippen LogP contribution in [-0.2, 0) is 25.6 Å². The van der Waals surface area contributed by atoms with Gasteiger partial charge >= 0.3 is 0 Å². The first-order valence-corrected chi connectivity index (χ1v) is 6.67. The van der Waals surface area contributed by atoms with Crippen LogP contribution >= 0.6 is 0 Å². The van der Waals surface area contributed by atoms with Gasteiger partial charge in [-0.15, -0.1) is 0 Å². The first-order valence-electron chi connectivity index (χ1n) is 6.67. The second kappa shape index (κ2) is 5.41. The molecule has 4 heteroatoms. The number of hydrogen-bond acceptors (Lipinski definition) is 4. The van der Waals surface area contributed by atoms with Gasteiger partial charge in [-0.25, -0.2) is 0 Å². The van der Waals surface area contributed by atoms with Gasteiger partial charge in [-0.05, 0) is 11.5 Å². The van der Waals surface area contributed by atoms with E-state index in [1.165, 1.54) is 0 Å². The highest BCUT2D eigenvalue weighted by Crippen LogP contribution is 2.37. The van der Waals surface area contributed by atoms with Crippen LogP contribution in [0.4, 0.5) is 0 Å². The van der Waals surface area contributed by atoms with E-state index in [0.29, 0.717) is 13.2 Å². The minimum absolute atomic E-state index is 0.0248.